The number of carboxylic acid groups (broad SMARTS) is 1. The number of ether oxygens (including phenoxy) is 1. The van der Waals surface area contributed by atoms with Gasteiger partial charge in [0.2, 0.25) is 5.91 Å². The maximum absolute atomic E-state index is 12.4. The Hall–Kier alpha value is -1.84. The van der Waals surface area contributed by atoms with E-state index in [-0.39, 0.29) is 30.3 Å². The molecular weight excluding hydrogens is 405 g/mol. The Morgan fingerprint density at radius 3 is 2.20 bits per heavy atom. The molecule has 0 aliphatic carbocycles. The largest absolute Gasteiger partial charge is 0.490 e. The normalized spacial score (nSPS) is 21.8. The molecular formula is C20H33F3N2O5. The van der Waals surface area contributed by atoms with Crippen molar-refractivity contribution in [3.63, 3.8) is 0 Å². The Morgan fingerprint density at radius 1 is 1.07 bits per heavy atom. The number of carboxylic acids is 1. The summed E-state index contributed by atoms with van der Waals surface area (Å²) in [5, 5.41) is 7.12. The van der Waals surface area contributed by atoms with Gasteiger partial charge < -0.3 is 14.7 Å². The molecule has 1 amide bonds. The number of aliphatic carboxylic acids is 1. The Morgan fingerprint density at radius 2 is 1.67 bits per heavy atom. The van der Waals surface area contributed by atoms with Crippen LogP contribution in [0.3, 0.4) is 0 Å². The second-order valence-corrected chi connectivity index (χ2v) is 7.82. The maximum Gasteiger partial charge on any atom is 0.490 e. The van der Waals surface area contributed by atoms with Crippen LogP contribution in [0.1, 0.15) is 64.7 Å². The lowest BCUT2D eigenvalue weighted by Gasteiger charge is -2.46. The number of methoxy groups -OCH3 is 1. The van der Waals surface area contributed by atoms with Crippen LogP contribution in [0, 0.1) is 0 Å². The van der Waals surface area contributed by atoms with Crippen LogP contribution in [0.15, 0.2) is 0 Å². The highest BCUT2D eigenvalue weighted by atomic mass is 19.4. The maximum atomic E-state index is 12.4. The number of carbonyl (C=O) groups excluding carboxylic acids is 2. The van der Waals surface area contributed by atoms with Crippen molar-refractivity contribution in [3.8, 4) is 0 Å². The number of nitrogens with zero attached hydrogens (tertiary/aromatic N) is 2. The van der Waals surface area contributed by atoms with Crippen molar-refractivity contribution < 1.29 is 37.4 Å². The number of carbonyl (C=O) groups is 3. The van der Waals surface area contributed by atoms with Gasteiger partial charge in [-0.3, -0.25) is 14.5 Å². The lowest BCUT2D eigenvalue weighted by Crippen LogP contribution is -2.57. The Bertz CT molecular complexity index is 585. The molecule has 0 bridgehead atoms. The van der Waals surface area contributed by atoms with E-state index in [0.717, 1.165) is 26.1 Å². The number of rotatable bonds is 7. The van der Waals surface area contributed by atoms with Crippen LogP contribution in [0.5, 0.6) is 0 Å². The van der Waals surface area contributed by atoms with Gasteiger partial charge in [0, 0.05) is 25.0 Å². The molecule has 1 N–H and O–H groups in total. The fourth-order valence-corrected chi connectivity index (χ4v) is 4.15. The van der Waals surface area contributed by atoms with E-state index in [4.69, 9.17) is 9.90 Å². The summed E-state index contributed by atoms with van der Waals surface area (Å²) < 4.78 is 36.4. The van der Waals surface area contributed by atoms with Gasteiger partial charge in [-0.05, 0) is 45.2 Å². The van der Waals surface area contributed by atoms with E-state index in [1.165, 1.54) is 52.2 Å². The van der Waals surface area contributed by atoms with Crippen molar-refractivity contribution in [2.75, 3.05) is 33.3 Å². The zero-order chi connectivity index (χ0) is 22.8. The molecule has 1 unspecified atom stereocenters. The van der Waals surface area contributed by atoms with Gasteiger partial charge >= 0.3 is 18.1 Å². The van der Waals surface area contributed by atoms with Crippen LogP contribution in [-0.4, -0.2) is 77.8 Å². The quantitative estimate of drug-likeness (QED) is 0.485. The first-order valence-electron chi connectivity index (χ1n) is 10.5. The zero-order valence-electron chi connectivity index (χ0n) is 17.8. The third kappa shape index (κ3) is 8.12. The van der Waals surface area contributed by atoms with Crippen LogP contribution in [0.2, 0.25) is 0 Å². The summed E-state index contributed by atoms with van der Waals surface area (Å²) in [7, 11) is 1.37. The second kappa shape index (κ2) is 12.1. The fourth-order valence-electron chi connectivity index (χ4n) is 4.15. The topological polar surface area (TPSA) is 87.2 Å². The van der Waals surface area contributed by atoms with E-state index in [1.54, 1.807) is 0 Å². The first kappa shape index (κ1) is 26.2. The predicted molar refractivity (Wildman–Crippen MR) is 104 cm³/mol. The van der Waals surface area contributed by atoms with Gasteiger partial charge in [-0.1, -0.05) is 19.8 Å². The van der Waals surface area contributed by atoms with E-state index in [0.29, 0.717) is 0 Å². The van der Waals surface area contributed by atoms with Crippen LogP contribution < -0.4 is 0 Å². The molecule has 0 aromatic rings. The van der Waals surface area contributed by atoms with E-state index >= 15 is 0 Å². The number of hydrogen-bond donors (Lipinski definition) is 1. The van der Waals surface area contributed by atoms with Crippen molar-refractivity contribution in [2.24, 2.45) is 0 Å². The summed E-state index contributed by atoms with van der Waals surface area (Å²) in [5.41, 5.74) is 0.201. The second-order valence-electron chi connectivity index (χ2n) is 7.82. The third-order valence-corrected chi connectivity index (χ3v) is 5.69. The SMILES string of the molecule is CCCCCN1CCCC12CCCN(C(=O)CCC(=O)OC)C2.O=C(O)C(F)(F)F. The first-order valence-corrected chi connectivity index (χ1v) is 10.5. The average Bonchev–Trinajstić information content (AvgIpc) is 3.07. The van der Waals surface area contributed by atoms with Gasteiger partial charge in [0.15, 0.2) is 0 Å². The molecule has 0 aromatic heterocycles. The summed E-state index contributed by atoms with van der Waals surface area (Å²) in [6, 6.07) is 0. The number of esters is 1. The molecule has 0 aromatic carbocycles. The summed E-state index contributed by atoms with van der Waals surface area (Å²) >= 11 is 0. The average molecular weight is 438 g/mol. The molecule has 2 aliphatic heterocycles. The molecule has 1 atom stereocenters. The molecule has 1 spiro atoms. The van der Waals surface area contributed by atoms with Crippen molar-refractivity contribution in [3.05, 3.63) is 0 Å². The van der Waals surface area contributed by atoms with Gasteiger partial charge in [0.05, 0.1) is 13.5 Å². The molecule has 2 rings (SSSR count). The van der Waals surface area contributed by atoms with E-state index in [1.807, 2.05) is 4.90 Å². The minimum Gasteiger partial charge on any atom is -0.475 e. The van der Waals surface area contributed by atoms with Gasteiger partial charge in [-0.2, -0.15) is 13.2 Å². The molecule has 0 radical (unpaired) electrons. The van der Waals surface area contributed by atoms with E-state index < -0.39 is 12.1 Å². The van der Waals surface area contributed by atoms with Crippen LogP contribution in [-0.2, 0) is 19.1 Å². The number of halogens is 3. The number of likely N-dealkylation sites (tertiary alicyclic amines) is 2. The molecule has 174 valence electrons. The molecule has 7 nitrogen and oxygen atoms in total. The molecule has 0 saturated carbocycles. The van der Waals surface area contributed by atoms with Crippen LogP contribution in [0.4, 0.5) is 13.2 Å². The number of hydrogen-bond acceptors (Lipinski definition) is 5. The van der Waals surface area contributed by atoms with Crippen molar-refractivity contribution in [2.45, 2.75) is 76.4 Å². The van der Waals surface area contributed by atoms with Crippen molar-refractivity contribution >= 4 is 17.8 Å². The van der Waals surface area contributed by atoms with Crippen LogP contribution >= 0.6 is 0 Å². The summed E-state index contributed by atoms with van der Waals surface area (Å²) in [5.74, 6) is -2.95. The Balaban J connectivity index is 0.000000553. The standard InChI is InChI=1S/C18H32N2O3.C2HF3O2/c1-3-4-5-13-20-14-7-11-18(20)10-6-12-19(15-18)16(21)8-9-17(22)23-2;3-2(4,5)1(6)7/h3-15H2,1-2H3;(H,6,7). The number of amides is 1. The number of alkyl halides is 3. The fraction of sp³-hybridized carbons (Fsp3) is 0.850. The zero-order valence-corrected chi connectivity index (χ0v) is 17.8. The van der Waals surface area contributed by atoms with Gasteiger partial charge in [0.25, 0.3) is 0 Å². The number of unbranched alkanes of at least 4 members (excludes halogenated alkanes) is 2. The Kier molecular flexibility index (Phi) is 10.6. The molecule has 2 fully saturated rings. The van der Waals surface area contributed by atoms with Crippen molar-refractivity contribution in [1.29, 1.82) is 0 Å². The highest BCUT2D eigenvalue weighted by Gasteiger charge is 2.44. The predicted octanol–water partition coefficient (Wildman–Crippen LogP) is 3.22. The van der Waals surface area contributed by atoms with Crippen LogP contribution in [0.25, 0.3) is 0 Å². The van der Waals surface area contributed by atoms with Gasteiger partial charge in [-0.25, -0.2) is 4.79 Å². The van der Waals surface area contributed by atoms with Gasteiger partial charge in [0.1, 0.15) is 0 Å². The van der Waals surface area contributed by atoms with E-state index in [2.05, 4.69) is 16.6 Å². The Labute approximate surface area is 175 Å². The highest BCUT2D eigenvalue weighted by molar-refractivity contribution is 5.81. The smallest absolute Gasteiger partial charge is 0.475 e. The summed E-state index contributed by atoms with van der Waals surface area (Å²) in [4.78, 5) is 37.2. The molecule has 2 aliphatic rings. The first-order chi connectivity index (χ1) is 14.1. The molecule has 10 heteroatoms. The lowest BCUT2D eigenvalue weighted by molar-refractivity contribution is -0.192. The van der Waals surface area contributed by atoms with Gasteiger partial charge in [-0.15, -0.1) is 0 Å². The molecule has 30 heavy (non-hydrogen) atoms. The summed E-state index contributed by atoms with van der Waals surface area (Å²) in [6.45, 7) is 6.26. The number of piperidine rings is 1. The molecule has 2 heterocycles. The lowest BCUT2D eigenvalue weighted by atomic mass is 9.86. The monoisotopic (exact) mass is 438 g/mol. The summed E-state index contributed by atoms with van der Waals surface area (Å²) in [6.07, 6.45) is 3.92. The highest BCUT2D eigenvalue weighted by Crippen LogP contribution is 2.37. The minimum absolute atomic E-state index is 0.106. The third-order valence-electron chi connectivity index (χ3n) is 5.69. The minimum atomic E-state index is -5.08. The van der Waals surface area contributed by atoms with E-state index in [9.17, 15) is 22.8 Å². The van der Waals surface area contributed by atoms with Crippen molar-refractivity contribution in [1.82, 2.24) is 9.80 Å². The molecule has 2 saturated heterocycles.